The molecule has 1 N–H and O–H groups in total. The Kier molecular flexibility index (Phi) is 4.70. The second-order valence-corrected chi connectivity index (χ2v) is 6.85. The minimum atomic E-state index is -4.44. The fourth-order valence-electron chi connectivity index (χ4n) is 3.76. The van der Waals surface area contributed by atoms with Gasteiger partial charge >= 0.3 is 6.18 Å². The molecule has 0 spiro atoms. The summed E-state index contributed by atoms with van der Waals surface area (Å²) in [5.74, 6) is 0.0103. The van der Waals surface area contributed by atoms with E-state index in [1.807, 2.05) is 48.5 Å². The standard InChI is InChI=1S/C20H19F3N4/c21-20(22,23)19-10-18(25-26-19)17-13-27(11-15-8-4-5-9-24-15)12-16(17)14-6-2-1-3-7-14/h1-10,16-17H,11-13H2,(H,25,26)/t16-,17+/m0/s1. The van der Waals surface area contributed by atoms with Crippen molar-refractivity contribution in [2.75, 3.05) is 13.1 Å². The first-order valence-corrected chi connectivity index (χ1v) is 8.80. The Bertz CT molecular complexity index is 877. The number of nitrogens with zero attached hydrogens (tertiary/aromatic N) is 3. The molecule has 0 saturated carbocycles. The average Bonchev–Trinajstić information content (AvgIpc) is 3.30. The van der Waals surface area contributed by atoms with E-state index in [0.717, 1.165) is 23.9 Å². The number of hydrogen-bond acceptors (Lipinski definition) is 3. The van der Waals surface area contributed by atoms with Gasteiger partial charge in [0.2, 0.25) is 0 Å². The van der Waals surface area contributed by atoms with E-state index in [1.165, 1.54) is 0 Å². The predicted molar refractivity (Wildman–Crippen MR) is 95.0 cm³/mol. The number of benzene rings is 1. The maximum absolute atomic E-state index is 13.0. The molecule has 0 unspecified atom stereocenters. The molecule has 2 atom stereocenters. The molecule has 0 bridgehead atoms. The highest BCUT2D eigenvalue weighted by atomic mass is 19.4. The van der Waals surface area contributed by atoms with Crippen LogP contribution in [0.15, 0.2) is 60.8 Å². The van der Waals surface area contributed by atoms with Crippen molar-refractivity contribution in [3.05, 3.63) is 83.4 Å². The summed E-state index contributed by atoms with van der Waals surface area (Å²) in [6.07, 6.45) is -2.69. The molecule has 1 fully saturated rings. The zero-order valence-electron chi connectivity index (χ0n) is 14.5. The van der Waals surface area contributed by atoms with Gasteiger partial charge in [0.25, 0.3) is 0 Å². The summed E-state index contributed by atoms with van der Waals surface area (Å²) in [6, 6.07) is 16.8. The minimum Gasteiger partial charge on any atom is -0.296 e. The third kappa shape index (κ3) is 3.88. The van der Waals surface area contributed by atoms with Crippen molar-refractivity contribution in [3.8, 4) is 0 Å². The normalized spacial score (nSPS) is 20.9. The zero-order valence-corrected chi connectivity index (χ0v) is 14.5. The number of alkyl halides is 3. The number of aromatic amines is 1. The summed E-state index contributed by atoms with van der Waals surface area (Å²) < 4.78 is 38.9. The molecule has 7 heteroatoms. The second-order valence-electron chi connectivity index (χ2n) is 6.85. The molecule has 1 aromatic carbocycles. The molecule has 0 radical (unpaired) electrons. The first kappa shape index (κ1) is 17.7. The van der Waals surface area contributed by atoms with Gasteiger partial charge in [-0.3, -0.25) is 15.0 Å². The molecule has 1 aliphatic rings. The fraction of sp³-hybridized carbons (Fsp3) is 0.300. The van der Waals surface area contributed by atoms with E-state index in [-0.39, 0.29) is 11.8 Å². The first-order chi connectivity index (χ1) is 13.0. The highest BCUT2D eigenvalue weighted by Crippen LogP contribution is 2.40. The molecule has 0 aliphatic carbocycles. The summed E-state index contributed by atoms with van der Waals surface area (Å²) in [6.45, 7) is 2.07. The van der Waals surface area contributed by atoms with Crippen LogP contribution in [0, 0.1) is 0 Å². The summed E-state index contributed by atoms with van der Waals surface area (Å²) in [5.41, 5.74) is 1.73. The Morgan fingerprint density at radius 1 is 1.00 bits per heavy atom. The smallest absolute Gasteiger partial charge is 0.296 e. The number of nitrogens with one attached hydrogen (secondary N) is 1. The Labute approximate surface area is 155 Å². The van der Waals surface area contributed by atoms with Gasteiger partial charge in [0.05, 0.1) is 5.69 Å². The number of aromatic nitrogens is 3. The Morgan fingerprint density at radius 2 is 1.74 bits per heavy atom. The second kappa shape index (κ2) is 7.15. The van der Waals surface area contributed by atoms with Crippen LogP contribution in [-0.2, 0) is 12.7 Å². The van der Waals surface area contributed by atoms with Crippen molar-refractivity contribution in [1.29, 1.82) is 0 Å². The molecule has 2 aromatic heterocycles. The van der Waals surface area contributed by atoms with Crippen molar-refractivity contribution in [3.63, 3.8) is 0 Å². The Hall–Kier alpha value is -2.67. The summed E-state index contributed by atoms with van der Waals surface area (Å²) >= 11 is 0. The molecule has 3 heterocycles. The van der Waals surface area contributed by atoms with Crippen molar-refractivity contribution in [2.24, 2.45) is 0 Å². The number of pyridine rings is 1. The van der Waals surface area contributed by atoms with Crippen LogP contribution in [0.25, 0.3) is 0 Å². The molecule has 0 amide bonds. The quantitative estimate of drug-likeness (QED) is 0.746. The molecule has 1 saturated heterocycles. The Balaban J connectivity index is 1.61. The van der Waals surface area contributed by atoms with Crippen molar-refractivity contribution >= 4 is 0 Å². The molecule has 27 heavy (non-hydrogen) atoms. The molecule has 3 aromatic rings. The van der Waals surface area contributed by atoms with E-state index in [0.29, 0.717) is 18.8 Å². The lowest BCUT2D eigenvalue weighted by atomic mass is 9.87. The van der Waals surface area contributed by atoms with Gasteiger partial charge in [-0.05, 0) is 23.8 Å². The monoisotopic (exact) mass is 372 g/mol. The highest BCUT2D eigenvalue weighted by molar-refractivity contribution is 5.29. The minimum absolute atomic E-state index is 0.0836. The van der Waals surface area contributed by atoms with Gasteiger partial charge in [-0.2, -0.15) is 18.3 Å². The Morgan fingerprint density at radius 3 is 2.41 bits per heavy atom. The average molecular weight is 372 g/mol. The van der Waals surface area contributed by atoms with Crippen LogP contribution in [0.1, 0.15) is 34.5 Å². The molecule has 1 aliphatic heterocycles. The van der Waals surface area contributed by atoms with Crippen LogP contribution in [0.4, 0.5) is 13.2 Å². The van der Waals surface area contributed by atoms with Crippen LogP contribution >= 0.6 is 0 Å². The van der Waals surface area contributed by atoms with Crippen molar-refractivity contribution < 1.29 is 13.2 Å². The van der Waals surface area contributed by atoms with Gasteiger partial charge < -0.3 is 0 Å². The first-order valence-electron chi connectivity index (χ1n) is 8.80. The summed E-state index contributed by atoms with van der Waals surface area (Å²) in [5, 5.41) is 6.11. The topological polar surface area (TPSA) is 44.8 Å². The van der Waals surface area contributed by atoms with E-state index in [1.54, 1.807) is 6.20 Å². The van der Waals surface area contributed by atoms with Crippen molar-refractivity contribution in [2.45, 2.75) is 24.6 Å². The predicted octanol–water partition coefficient (Wildman–Crippen LogP) is 4.21. The number of halogens is 3. The van der Waals surface area contributed by atoms with Gasteiger partial charge in [-0.15, -0.1) is 0 Å². The van der Waals surface area contributed by atoms with E-state index in [2.05, 4.69) is 20.1 Å². The number of likely N-dealkylation sites (tertiary alicyclic amines) is 1. The molecular formula is C20H19F3N4. The lowest BCUT2D eigenvalue weighted by molar-refractivity contribution is -0.141. The van der Waals surface area contributed by atoms with E-state index < -0.39 is 11.9 Å². The van der Waals surface area contributed by atoms with Gasteiger partial charge in [0, 0.05) is 43.4 Å². The summed E-state index contributed by atoms with van der Waals surface area (Å²) in [7, 11) is 0. The van der Waals surface area contributed by atoms with Crippen molar-refractivity contribution in [1.82, 2.24) is 20.1 Å². The fourth-order valence-corrected chi connectivity index (χ4v) is 3.76. The highest BCUT2D eigenvalue weighted by Gasteiger charge is 2.39. The maximum atomic E-state index is 13.0. The van der Waals surface area contributed by atoms with Gasteiger partial charge in [0.1, 0.15) is 0 Å². The molecule has 4 nitrogen and oxygen atoms in total. The maximum Gasteiger partial charge on any atom is 0.435 e. The molecule has 4 rings (SSSR count). The van der Waals surface area contributed by atoms with Gasteiger partial charge in [0.15, 0.2) is 5.69 Å². The number of rotatable bonds is 4. The largest absolute Gasteiger partial charge is 0.435 e. The zero-order chi connectivity index (χ0) is 18.9. The van der Waals surface area contributed by atoms with Gasteiger partial charge in [-0.25, -0.2) is 0 Å². The van der Waals surface area contributed by atoms with Crippen LogP contribution in [0.3, 0.4) is 0 Å². The number of hydrogen-bond donors (Lipinski definition) is 1. The molecule has 140 valence electrons. The number of H-pyrrole nitrogens is 1. The van der Waals surface area contributed by atoms with E-state index in [9.17, 15) is 13.2 Å². The van der Waals surface area contributed by atoms with Gasteiger partial charge in [-0.1, -0.05) is 36.4 Å². The molecular weight excluding hydrogens is 353 g/mol. The summed E-state index contributed by atoms with van der Waals surface area (Å²) in [4.78, 5) is 6.60. The van der Waals surface area contributed by atoms with Crippen LogP contribution in [0.5, 0.6) is 0 Å². The lowest BCUT2D eigenvalue weighted by Crippen LogP contribution is -2.20. The third-order valence-corrected chi connectivity index (χ3v) is 5.02. The van der Waals surface area contributed by atoms with Crippen LogP contribution in [-0.4, -0.2) is 33.2 Å². The van der Waals surface area contributed by atoms with E-state index in [4.69, 9.17) is 0 Å². The third-order valence-electron chi connectivity index (χ3n) is 5.02. The van der Waals surface area contributed by atoms with Crippen LogP contribution < -0.4 is 0 Å². The SMILES string of the molecule is FC(F)(F)c1cc([C@@H]2CN(Cc3ccccn3)C[C@H]2c2ccccc2)[nH]n1. The van der Waals surface area contributed by atoms with Crippen LogP contribution in [0.2, 0.25) is 0 Å². The lowest BCUT2D eigenvalue weighted by Gasteiger charge is -2.17. The van der Waals surface area contributed by atoms with E-state index >= 15 is 0 Å².